The lowest BCUT2D eigenvalue weighted by Gasteiger charge is -2.67. The molecule has 9 atom stereocenters. The standard InChI is InChI=1S/C27H49B/c1-16(15-25(4,5)6)28(23-13-19-11-21(17(23)2)26(19,7)8)24-14-20-12-22(18(24)3)27(20,9)10/h16-24H,11-15H2,1-10H3/t16-,17-,18-,19+,20+,21-,22-,23-,24-/m1/s1. The Balaban J connectivity index is 1.61. The lowest BCUT2D eigenvalue weighted by atomic mass is 9.17. The molecule has 0 aromatic rings. The van der Waals surface area contributed by atoms with Crippen molar-refractivity contribution in [1.29, 1.82) is 0 Å². The normalized spacial score (nSPS) is 46.9. The van der Waals surface area contributed by atoms with E-state index < -0.39 is 0 Å². The highest BCUT2D eigenvalue weighted by molar-refractivity contribution is 6.64. The fourth-order valence-corrected chi connectivity index (χ4v) is 9.66. The van der Waals surface area contributed by atoms with Crippen LogP contribution in [0.1, 0.15) is 101 Å². The maximum atomic E-state index is 2.65. The summed E-state index contributed by atoms with van der Waals surface area (Å²) in [5.41, 5.74) is 1.70. The summed E-state index contributed by atoms with van der Waals surface area (Å²) in [5.74, 6) is 8.72. The minimum absolute atomic E-state index is 0.456. The van der Waals surface area contributed by atoms with Crippen molar-refractivity contribution in [2.24, 2.45) is 51.8 Å². The Labute approximate surface area is 177 Å². The summed E-state index contributed by atoms with van der Waals surface area (Å²) in [5, 5.41) is 0. The van der Waals surface area contributed by atoms with Crippen LogP contribution in [0.4, 0.5) is 0 Å². The van der Waals surface area contributed by atoms with E-state index >= 15 is 0 Å². The molecule has 0 radical (unpaired) electrons. The summed E-state index contributed by atoms with van der Waals surface area (Å²) in [4.78, 5) is 0. The molecule has 0 N–H and O–H groups in total. The first-order valence-corrected chi connectivity index (χ1v) is 12.7. The quantitative estimate of drug-likeness (QED) is 0.426. The van der Waals surface area contributed by atoms with E-state index in [1.807, 2.05) is 0 Å². The average molecular weight is 385 g/mol. The van der Waals surface area contributed by atoms with Gasteiger partial charge in [-0.25, -0.2) is 0 Å². The Morgan fingerprint density at radius 1 is 0.786 bits per heavy atom. The molecule has 0 saturated heterocycles. The van der Waals surface area contributed by atoms with Crippen molar-refractivity contribution in [2.75, 3.05) is 0 Å². The molecule has 6 aliphatic rings. The second-order valence-corrected chi connectivity index (χ2v) is 14.6. The van der Waals surface area contributed by atoms with Crippen LogP contribution in [-0.4, -0.2) is 6.71 Å². The molecule has 6 saturated carbocycles. The molecule has 4 bridgehead atoms. The van der Waals surface area contributed by atoms with Crippen molar-refractivity contribution in [1.82, 2.24) is 0 Å². The molecular formula is C27H49B. The number of hydrogen-bond acceptors (Lipinski definition) is 0. The Kier molecular flexibility index (Phi) is 4.97. The average Bonchev–Trinajstić information content (AvgIpc) is 2.55. The van der Waals surface area contributed by atoms with Gasteiger partial charge in [0.2, 0.25) is 0 Å². The van der Waals surface area contributed by atoms with Crippen molar-refractivity contribution in [2.45, 2.75) is 119 Å². The molecule has 1 heteroatoms. The minimum Gasteiger partial charge on any atom is -0.0690 e. The molecule has 0 nitrogen and oxygen atoms in total. The van der Waals surface area contributed by atoms with Crippen LogP contribution < -0.4 is 0 Å². The van der Waals surface area contributed by atoms with Crippen LogP contribution in [0.5, 0.6) is 0 Å². The second kappa shape index (κ2) is 6.53. The Morgan fingerprint density at radius 2 is 1.18 bits per heavy atom. The van der Waals surface area contributed by atoms with Gasteiger partial charge in [0, 0.05) is 0 Å². The Morgan fingerprint density at radius 3 is 1.46 bits per heavy atom. The first-order valence-electron chi connectivity index (χ1n) is 12.7. The predicted octanol–water partition coefficient (Wildman–Crippen LogP) is 8.45. The van der Waals surface area contributed by atoms with Gasteiger partial charge in [-0.3, -0.25) is 0 Å². The fourth-order valence-electron chi connectivity index (χ4n) is 9.66. The van der Waals surface area contributed by atoms with E-state index in [1.165, 1.54) is 32.1 Å². The number of rotatable bonds is 4. The van der Waals surface area contributed by atoms with Gasteiger partial charge >= 0.3 is 0 Å². The molecule has 6 aliphatic carbocycles. The molecule has 0 heterocycles. The van der Waals surface area contributed by atoms with Crippen LogP contribution in [0, 0.1) is 51.8 Å². The molecule has 0 amide bonds. The van der Waals surface area contributed by atoms with Gasteiger partial charge in [0.25, 0.3) is 0 Å². The van der Waals surface area contributed by atoms with Gasteiger partial charge in [-0.2, -0.15) is 0 Å². The van der Waals surface area contributed by atoms with Crippen LogP contribution in [0.3, 0.4) is 0 Å². The maximum Gasteiger partial charge on any atom is 0.149 e. The van der Waals surface area contributed by atoms with Gasteiger partial charge < -0.3 is 0 Å². The van der Waals surface area contributed by atoms with E-state index in [2.05, 4.69) is 69.2 Å². The zero-order chi connectivity index (χ0) is 20.8. The van der Waals surface area contributed by atoms with Crippen LogP contribution in [0.15, 0.2) is 0 Å². The molecule has 0 aromatic carbocycles. The first-order chi connectivity index (χ1) is 12.7. The van der Waals surface area contributed by atoms with Crippen LogP contribution in [-0.2, 0) is 0 Å². The molecule has 28 heavy (non-hydrogen) atoms. The van der Waals surface area contributed by atoms with E-state index in [0.29, 0.717) is 16.2 Å². The monoisotopic (exact) mass is 384 g/mol. The molecule has 0 spiro atoms. The van der Waals surface area contributed by atoms with E-state index in [9.17, 15) is 0 Å². The SMILES string of the molecule is C[C@@H]1[C@H]2C[C@@H](C[C@H]1B([C@H](C)CC(C)(C)C)[C@@H]1C[C@@H]3C[C@H]([C@H]1C)C3(C)C)C2(C)C. The summed E-state index contributed by atoms with van der Waals surface area (Å²) < 4.78 is 0. The maximum absolute atomic E-state index is 2.65. The summed E-state index contributed by atoms with van der Waals surface area (Å²) in [6, 6.07) is 0. The van der Waals surface area contributed by atoms with Gasteiger partial charge in [0.05, 0.1) is 0 Å². The Bertz CT molecular complexity index is 554. The van der Waals surface area contributed by atoms with Crippen LogP contribution in [0.2, 0.25) is 17.5 Å². The van der Waals surface area contributed by atoms with Crippen molar-refractivity contribution in [3.05, 3.63) is 0 Å². The van der Waals surface area contributed by atoms with Gasteiger partial charge in [0.1, 0.15) is 6.71 Å². The lowest BCUT2D eigenvalue weighted by molar-refractivity contribution is -0.108. The van der Waals surface area contributed by atoms with Crippen LogP contribution >= 0.6 is 0 Å². The third kappa shape index (κ3) is 3.07. The largest absolute Gasteiger partial charge is 0.149 e. The fraction of sp³-hybridized carbons (Fsp3) is 1.00. The van der Waals surface area contributed by atoms with Crippen LogP contribution in [0.25, 0.3) is 0 Å². The summed E-state index contributed by atoms with van der Waals surface area (Å²) >= 11 is 0. The van der Waals surface area contributed by atoms with E-state index in [0.717, 1.165) is 59.7 Å². The van der Waals surface area contributed by atoms with E-state index in [4.69, 9.17) is 0 Å². The number of hydrogen-bond donors (Lipinski definition) is 0. The summed E-state index contributed by atoms with van der Waals surface area (Å²) in [6.45, 7) is 26.6. The summed E-state index contributed by atoms with van der Waals surface area (Å²) in [7, 11) is 0. The first kappa shape index (κ1) is 21.3. The zero-order valence-corrected chi connectivity index (χ0v) is 20.8. The van der Waals surface area contributed by atoms with Gasteiger partial charge in [0.15, 0.2) is 0 Å². The van der Waals surface area contributed by atoms with Crippen molar-refractivity contribution in [3.63, 3.8) is 0 Å². The van der Waals surface area contributed by atoms with Gasteiger partial charge in [-0.05, 0) is 64.6 Å². The third-order valence-corrected chi connectivity index (χ3v) is 11.4. The highest BCUT2D eigenvalue weighted by Gasteiger charge is 2.62. The Hall–Kier alpha value is 0.0649. The highest BCUT2D eigenvalue weighted by atomic mass is 14.6. The molecule has 160 valence electrons. The van der Waals surface area contributed by atoms with Crippen molar-refractivity contribution >= 4 is 6.71 Å². The minimum atomic E-state index is 0.456. The summed E-state index contributed by atoms with van der Waals surface area (Å²) in [6.07, 6.45) is 7.53. The number of fused-ring (bicyclic) bond motifs is 4. The lowest BCUT2D eigenvalue weighted by Crippen LogP contribution is -2.60. The molecule has 6 fully saturated rings. The second-order valence-electron chi connectivity index (χ2n) is 14.6. The smallest absolute Gasteiger partial charge is 0.0690 e. The topological polar surface area (TPSA) is 0 Å². The van der Waals surface area contributed by atoms with Gasteiger partial charge in [-0.1, -0.05) is 106 Å². The molecule has 0 aromatic heterocycles. The predicted molar refractivity (Wildman–Crippen MR) is 125 cm³/mol. The third-order valence-electron chi connectivity index (χ3n) is 11.4. The highest BCUT2D eigenvalue weighted by Crippen LogP contribution is 2.70. The van der Waals surface area contributed by atoms with Gasteiger partial charge in [-0.15, -0.1) is 0 Å². The zero-order valence-electron chi connectivity index (χ0n) is 20.8. The van der Waals surface area contributed by atoms with E-state index in [1.54, 1.807) is 0 Å². The van der Waals surface area contributed by atoms with Crippen molar-refractivity contribution in [3.8, 4) is 0 Å². The molecule has 6 rings (SSSR count). The van der Waals surface area contributed by atoms with Crippen molar-refractivity contribution < 1.29 is 0 Å². The van der Waals surface area contributed by atoms with E-state index in [-0.39, 0.29) is 0 Å². The molecule has 0 aliphatic heterocycles. The molecular weight excluding hydrogens is 335 g/mol. The molecule has 0 unspecified atom stereocenters.